The highest BCUT2D eigenvalue weighted by molar-refractivity contribution is 8.00. The maximum Gasteiger partial charge on any atom is 0.233 e. The van der Waals surface area contributed by atoms with Gasteiger partial charge < -0.3 is 14.4 Å². The lowest BCUT2D eigenvalue weighted by Gasteiger charge is -2.25. The third-order valence-corrected chi connectivity index (χ3v) is 5.99. The number of thioether (sulfide) groups is 1. The Morgan fingerprint density at radius 1 is 1.07 bits per heavy atom. The van der Waals surface area contributed by atoms with E-state index < -0.39 is 11.6 Å². The van der Waals surface area contributed by atoms with E-state index in [2.05, 4.69) is 0 Å². The van der Waals surface area contributed by atoms with Crippen molar-refractivity contribution in [2.75, 3.05) is 25.5 Å². The fraction of sp³-hybridized carbons (Fsp3) is 0.381. The molecule has 0 radical (unpaired) electrons. The van der Waals surface area contributed by atoms with Crippen molar-refractivity contribution in [1.82, 2.24) is 4.90 Å². The standard InChI is InChI=1S/C21H21F2NO3S/c22-15-5-6-16(23)20(12-15)28-13-21(25)24-8-1-3-17(24)14-4-7-18-19(11-14)27-10-2-9-26-18/h4-7,11-12,17H,1-3,8-10,13H2/t17-/m0/s1. The van der Waals surface area contributed by atoms with Crippen LogP contribution in [-0.2, 0) is 4.79 Å². The largest absolute Gasteiger partial charge is 0.490 e. The number of amides is 1. The quantitative estimate of drug-likeness (QED) is 0.698. The molecule has 0 bridgehead atoms. The third kappa shape index (κ3) is 4.09. The summed E-state index contributed by atoms with van der Waals surface area (Å²) in [5.41, 5.74) is 1.01. The number of nitrogens with zero attached hydrogens (tertiary/aromatic N) is 1. The molecule has 1 atom stereocenters. The van der Waals surface area contributed by atoms with Gasteiger partial charge in [0.05, 0.1) is 25.0 Å². The van der Waals surface area contributed by atoms with Crippen molar-refractivity contribution in [1.29, 1.82) is 0 Å². The summed E-state index contributed by atoms with van der Waals surface area (Å²) in [6.45, 7) is 1.90. The monoisotopic (exact) mass is 405 g/mol. The zero-order chi connectivity index (χ0) is 19.5. The number of hydrogen-bond donors (Lipinski definition) is 0. The summed E-state index contributed by atoms with van der Waals surface area (Å²) in [7, 11) is 0. The minimum atomic E-state index is -0.514. The normalized spacial score (nSPS) is 18.8. The zero-order valence-corrected chi connectivity index (χ0v) is 16.1. The molecule has 2 heterocycles. The Labute approximate surface area is 166 Å². The van der Waals surface area contributed by atoms with Crippen LogP contribution in [0.25, 0.3) is 0 Å². The van der Waals surface area contributed by atoms with Gasteiger partial charge in [-0.1, -0.05) is 6.07 Å². The molecule has 4 rings (SSSR count). The molecule has 0 spiro atoms. The van der Waals surface area contributed by atoms with E-state index in [1.54, 1.807) is 0 Å². The number of hydrogen-bond acceptors (Lipinski definition) is 4. The Morgan fingerprint density at radius 3 is 2.75 bits per heavy atom. The van der Waals surface area contributed by atoms with Crippen molar-refractivity contribution in [2.45, 2.75) is 30.2 Å². The summed E-state index contributed by atoms with van der Waals surface area (Å²) < 4.78 is 38.6. The number of fused-ring (bicyclic) bond motifs is 1. The summed E-state index contributed by atoms with van der Waals surface area (Å²) in [5.74, 6) is 0.409. The Kier molecular flexibility index (Phi) is 5.71. The SMILES string of the molecule is O=C(CSc1cc(F)ccc1F)N1CCC[C@H]1c1ccc2c(c1)OCCCO2. The zero-order valence-electron chi connectivity index (χ0n) is 15.3. The van der Waals surface area contributed by atoms with E-state index in [-0.39, 0.29) is 22.6 Å². The Bertz CT molecular complexity index is 877. The van der Waals surface area contributed by atoms with Crippen LogP contribution in [0, 0.1) is 11.6 Å². The smallest absolute Gasteiger partial charge is 0.233 e. The number of likely N-dealkylation sites (tertiary alicyclic amines) is 1. The van der Waals surface area contributed by atoms with Gasteiger partial charge >= 0.3 is 0 Å². The van der Waals surface area contributed by atoms with E-state index in [9.17, 15) is 13.6 Å². The summed E-state index contributed by atoms with van der Waals surface area (Å²) in [4.78, 5) is 14.8. The van der Waals surface area contributed by atoms with E-state index in [1.807, 2.05) is 23.1 Å². The van der Waals surface area contributed by atoms with Crippen LogP contribution in [0.15, 0.2) is 41.3 Å². The molecule has 1 amide bonds. The molecule has 2 aromatic carbocycles. The third-order valence-electron chi connectivity index (χ3n) is 4.97. The first kappa shape index (κ1) is 19.1. The molecule has 0 N–H and O–H groups in total. The molecular weight excluding hydrogens is 384 g/mol. The van der Waals surface area contributed by atoms with Crippen molar-refractivity contribution in [2.24, 2.45) is 0 Å². The summed E-state index contributed by atoms with van der Waals surface area (Å²) in [6, 6.07) is 9.06. The van der Waals surface area contributed by atoms with Gasteiger partial charge in [0.2, 0.25) is 5.91 Å². The predicted octanol–water partition coefficient (Wildman–Crippen LogP) is 4.58. The van der Waals surface area contributed by atoms with E-state index >= 15 is 0 Å². The van der Waals surface area contributed by atoms with Gasteiger partial charge in [0.15, 0.2) is 11.5 Å². The van der Waals surface area contributed by atoms with Crippen LogP contribution < -0.4 is 9.47 Å². The molecule has 1 saturated heterocycles. The van der Waals surface area contributed by atoms with E-state index in [0.717, 1.165) is 60.5 Å². The van der Waals surface area contributed by atoms with Crippen LogP contribution in [0.5, 0.6) is 11.5 Å². The molecule has 7 heteroatoms. The Hall–Kier alpha value is -2.28. The molecule has 0 aliphatic carbocycles. The summed E-state index contributed by atoms with van der Waals surface area (Å²) in [5, 5.41) is 0. The number of benzene rings is 2. The van der Waals surface area contributed by atoms with E-state index in [1.165, 1.54) is 0 Å². The molecule has 2 aliphatic rings. The van der Waals surface area contributed by atoms with Gasteiger partial charge in [-0.05, 0) is 48.7 Å². The van der Waals surface area contributed by atoms with Crippen molar-refractivity contribution < 1.29 is 23.0 Å². The van der Waals surface area contributed by atoms with Crippen molar-refractivity contribution >= 4 is 17.7 Å². The first-order chi connectivity index (χ1) is 13.6. The maximum atomic E-state index is 13.8. The van der Waals surface area contributed by atoms with Gasteiger partial charge in [0, 0.05) is 17.9 Å². The molecule has 0 aromatic heterocycles. The second-order valence-electron chi connectivity index (χ2n) is 6.87. The maximum absolute atomic E-state index is 13.8. The molecule has 4 nitrogen and oxygen atoms in total. The average Bonchev–Trinajstić information content (AvgIpc) is 3.07. The topological polar surface area (TPSA) is 38.8 Å². The molecule has 148 valence electrons. The van der Waals surface area contributed by atoms with Crippen molar-refractivity contribution in [3.63, 3.8) is 0 Å². The van der Waals surface area contributed by atoms with E-state index in [4.69, 9.17) is 9.47 Å². The van der Waals surface area contributed by atoms with Gasteiger partial charge in [-0.2, -0.15) is 0 Å². The van der Waals surface area contributed by atoms with Crippen LogP contribution in [0.3, 0.4) is 0 Å². The van der Waals surface area contributed by atoms with Crippen LogP contribution in [0.1, 0.15) is 30.9 Å². The van der Waals surface area contributed by atoms with Crippen LogP contribution in [-0.4, -0.2) is 36.3 Å². The molecule has 2 aliphatic heterocycles. The van der Waals surface area contributed by atoms with Crippen molar-refractivity contribution in [3.8, 4) is 11.5 Å². The molecule has 0 unspecified atom stereocenters. The lowest BCUT2D eigenvalue weighted by Crippen LogP contribution is -2.32. The van der Waals surface area contributed by atoms with Gasteiger partial charge in [0.25, 0.3) is 0 Å². The first-order valence-corrected chi connectivity index (χ1v) is 10.4. The van der Waals surface area contributed by atoms with Crippen molar-refractivity contribution in [3.05, 3.63) is 53.6 Å². The van der Waals surface area contributed by atoms with Crippen LogP contribution >= 0.6 is 11.8 Å². The van der Waals surface area contributed by atoms with Crippen LogP contribution in [0.2, 0.25) is 0 Å². The highest BCUT2D eigenvalue weighted by Crippen LogP contribution is 2.38. The number of carbonyl (C=O) groups excluding carboxylic acids is 1. The number of carbonyl (C=O) groups is 1. The summed E-state index contributed by atoms with van der Waals surface area (Å²) >= 11 is 1.03. The fourth-order valence-electron chi connectivity index (χ4n) is 3.61. The fourth-order valence-corrected chi connectivity index (χ4v) is 4.46. The highest BCUT2D eigenvalue weighted by atomic mass is 32.2. The average molecular weight is 405 g/mol. The van der Waals surface area contributed by atoms with Crippen LogP contribution in [0.4, 0.5) is 8.78 Å². The Balaban J connectivity index is 1.46. The number of ether oxygens (including phenoxy) is 2. The highest BCUT2D eigenvalue weighted by Gasteiger charge is 2.30. The number of halogens is 2. The molecule has 1 fully saturated rings. The van der Waals surface area contributed by atoms with Gasteiger partial charge in [-0.25, -0.2) is 8.78 Å². The lowest BCUT2D eigenvalue weighted by molar-refractivity contribution is -0.129. The molecule has 0 saturated carbocycles. The molecular formula is C21H21F2NO3S. The van der Waals surface area contributed by atoms with Gasteiger partial charge in [-0.3, -0.25) is 4.79 Å². The minimum absolute atomic E-state index is 0.0393. The molecule has 28 heavy (non-hydrogen) atoms. The second-order valence-corrected chi connectivity index (χ2v) is 7.88. The predicted molar refractivity (Wildman–Crippen MR) is 103 cm³/mol. The van der Waals surface area contributed by atoms with Gasteiger partial charge in [-0.15, -0.1) is 11.8 Å². The Morgan fingerprint density at radius 2 is 1.89 bits per heavy atom. The minimum Gasteiger partial charge on any atom is -0.490 e. The van der Waals surface area contributed by atoms with E-state index in [0.29, 0.717) is 25.5 Å². The molecule has 2 aromatic rings. The second kappa shape index (κ2) is 8.39. The summed E-state index contributed by atoms with van der Waals surface area (Å²) in [6.07, 6.45) is 2.61. The first-order valence-electron chi connectivity index (χ1n) is 9.39. The number of rotatable bonds is 4. The van der Waals surface area contributed by atoms with Gasteiger partial charge in [0.1, 0.15) is 11.6 Å². The lowest BCUT2D eigenvalue weighted by atomic mass is 10.0.